The number of benzene rings is 1. The number of carbonyl (C=O) groups is 1. The molecule has 1 N–H and O–H groups in total. The third kappa shape index (κ3) is 3.19. The maximum Gasteiger partial charge on any atom is 0.417 e. The molecular formula is C18H12ClF6N3O. The molecule has 29 heavy (non-hydrogen) atoms. The van der Waals surface area contributed by atoms with Gasteiger partial charge >= 0.3 is 12.2 Å². The Labute approximate surface area is 165 Å². The van der Waals surface area contributed by atoms with E-state index in [4.69, 9.17) is 11.6 Å². The Morgan fingerprint density at radius 3 is 2.66 bits per heavy atom. The fourth-order valence-electron chi connectivity index (χ4n) is 3.98. The predicted molar refractivity (Wildman–Crippen MR) is 91.1 cm³/mol. The number of nitrogens with one attached hydrogen (secondary N) is 1. The molecule has 3 atom stereocenters. The van der Waals surface area contributed by atoms with E-state index in [1.807, 2.05) is 0 Å². The summed E-state index contributed by atoms with van der Waals surface area (Å²) in [6, 6.07) is -0.345. The van der Waals surface area contributed by atoms with Gasteiger partial charge in [-0.15, -0.1) is 0 Å². The lowest BCUT2D eigenvalue weighted by molar-refractivity contribution is -0.137. The summed E-state index contributed by atoms with van der Waals surface area (Å²) in [7, 11) is 0. The van der Waals surface area contributed by atoms with Crippen LogP contribution in [0.3, 0.4) is 0 Å². The van der Waals surface area contributed by atoms with Crippen LogP contribution >= 0.6 is 11.6 Å². The molecule has 1 aromatic heterocycles. The zero-order valence-corrected chi connectivity index (χ0v) is 15.2. The summed E-state index contributed by atoms with van der Waals surface area (Å²) in [4.78, 5) is 17.3. The minimum absolute atomic E-state index is 0.178. The summed E-state index contributed by atoms with van der Waals surface area (Å²) in [6.45, 7) is 0. The molecule has 1 aromatic carbocycles. The van der Waals surface area contributed by atoms with E-state index in [0.717, 1.165) is 11.1 Å². The van der Waals surface area contributed by atoms with Crippen LogP contribution in [0.25, 0.3) is 0 Å². The lowest BCUT2D eigenvalue weighted by Gasteiger charge is -2.38. The zero-order valence-electron chi connectivity index (χ0n) is 14.4. The van der Waals surface area contributed by atoms with Gasteiger partial charge < -0.3 is 10.2 Å². The molecule has 1 fully saturated rings. The normalized spacial score (nSPS) is 23.1. The van der Waals surface area contributed by atoms with Crippen LogP contribution in [0.5, 0.6) is 0 Å². The van der Waals surface area contributed by atoms with E-state index in [0.29, 0.717) is 12.5 Å². The molecule has 3 unspecified atom stereocenters. The standard InChI is InChI=1S/C18H12ClF6N3O/c19-9-6-11(10(20)5-8(9)18(23,24)25)27-17(29)28-12-1-2-13(28)15(21)14-7(12)3-4-26-16(14)22/h3-6,12-13,15H,1-2H2,(H,27,29). The number of amides is 2. The lowest BCUT2D eigenvalue weighted by Crippen LogP contribution is -2.45. The highest BCUT2D eigenvalue weighted by molar-refractivity contribution is 6.31. The average Bonchev–Trinajstić information content (AvgIpc) is 3.01. The summed E-state index contributed by atoms with van der Waals surface area (Å²) in [5.41, 5.74) is -1.89. The summed E-state index contributed by atoms with van der Waals surface area (Å²) in [6.07, 6.45) is -4.95. The molecule has 1 saturated heterocycles. The average molecular weight is 436 g/mol. The van der Waals surface area contributed by atoms with E-state index in [1.54, 1.807) is 0 Å². The molecule has 0 aliphatic carbocycles. The van der Waals surface area contributed by atoms with Crippen LogP contribution in [-0.4, -0.2) is 22.0 Å². The Morgan fingerprint density at radius 2 is 1.97 bits per heavy atom. The van der Waals surface area contributed by atoms with Gasteiger partial charge in [0, 0.05) is 11.8 Å². The molecule has 11 heteroatoms. The van der Waals surface area contributed by atoms with E-state index in [-0.39, 0.29) is 23.6 Å². The monoisotopic (exact) mass is 435 g/mol. The van der Waals surface area contributed by atoms with Crippen molar-refractivity contribution >= 4 is 23.3 Å². The first-order chi connectivity index (χ1) is 13.6. The van der Waals surface area contributed by atoms with Crippen LogP contribution in [0.2, 0.25) is 5.02 Å². The number of hydrogen-bond donors (Lipinski definition) is 1. The lowest BCUT2D eigenvalue weighted by atomic mass is 9.93. The molecule has 2 aromatic rings. The number of halogens is 7. The van der Waals surface area contributed by atoms with Crippen LogP contribution in [-0.2, 0) is 6.18 Å². The van der Waals surface area contributed by atoms with Gasteiger partial charge in [0.05, 0.1) is 28.4 Å². The molecule has 4 rings (SSSR count). The maximum absolute atomic E-state index is 14.9. The van der Waals surface area contributed by atoms with Gasteiger partial charge in [0.1, 0.15) is 5.82 Å². The number of alkyl halides is 4. The number of aromatic nitrogens is 1. The van der Waals surface area contributed by atoms with Crippen molar-refractivity contribution in [2.24, 2.45) is 0 Å². The van der Waals surface area contributed by atoms with Crippen LogP contribution in [0.15, 0.2) is 24.4 Å². The van der Waals surface area contributed by atoms with E-state index in [1.165, 1.54) is 6.07 Å². The Kier molecular flexibility index (Phi) is 4.64. The summed E-state index contributed by atoms with van der Waals surface area (Å²) in [5.74, 6) is -2.29. The topological polar surface area (TPSA) is 45.2 Å². The van der Waals surface area contributed by atoms with Gasteiger partial charge in [-0.05, 0) is 36.6 Å². The van der Waals surface area contributed by atoms with Gasteiger partial charge in [0.15, 0.2) is 6.17 Å². The molecule has 3 heterocycles. The van der Waals surface area contributed by atoms with Crippen molar-refractivity contribution in [3.8, 4) is 0 Å². The number of anilines is 1. The molecule has 154 valence electrons. The van der Waals surface area contributed by atoms with Crippen molar-refractivity contribution in [2.45, 2.75) is 37.3 Å². The Balaban J connectivity index is 1.64. The molecule has 0 spiro atoms. The number of nitrogens with zero attached hydrogens (tertiary/aromatic N) is 2. The smallest absolute Gasteiger partial charge is 0.311 e. The third-order valence-corrected chi connectivity index (χ3v) is 5.53. The summed E-state index contributed by atoms with van der Waals surface area (Å²) >= 11 is 5.57. The fourth-order valence-corrected chi connectivity index (χ4v) is 4.25. The Bertz CT molecular complexity index is 998. The first kappa shape index (κ1) is 19.8. The first-order valence-electron chi connectivity index (χ1n) is 8.53. The van der Waals surface area contributed by atoms with Crippen LogP contribution in [0.4, 0.5) is 36.8 Å². The van der Waals surface area contributed by atoms with E-state index in [9.17, 15) is 31.1 Å². The van der Waals surface area contributed by atoms with E-state index in [2.05, 4.69) is 10.3 Å². The number of rotatable bonds is 1. The molecule has 0 radical (unpaired) electrons. The second-order valence-corrected chi connectivity index (χ2v) is 7.22. The molecule has 2 bridgehead atoms. The van der Waals surface area contributed by atoms with Gasteiger partial charge in [0.25, 0.3) is 0 Å². The SMILES string of the molecule is O=C(Nc1cc(Cl)c(C(F)(F)F)cc1F)N1C2CCC1C(F)c1c2ccnc1F. The van der Waals surface area contributed by atoms with Gasteiger partial charge in [-0.3, -0.25) is 0 Å². The van der Waals surface area contributed by atoms with Crippen molar-refractivity contribution in [2.75, 3.05) is 5.32 Å². The van der Waals surface area contributed by atoms with Crippen LogP contribution < -0.4 is 5.32 Å². The second-order valence-electron chi connectivity index (χ2n) is 6.81. The van der Waals surface area contributed by atoms with Crippen molar-refractivity contribution in [3.63, 3.8) is 0 Å². The molecule has 0 saturated carbocycles. The van der Waals surface area contributed by atoms with Gasteiger partial charge in [-0.2, -0.15) is 17.6 Å². The van der Waals surface area contributed by atoms with Crippen molar-refractivity contribution in [1.82, 2.24) is 9.88 Å². The third-order valence-electron chi connectivity index (χ3n) is 5.22. The van der Waals surface area contributed by atoms with Gasteiger partial charge in [0.2, 0.25) is 5.95 Å². The van der Waals surface area contributed by atoms with Crippen molar-refractivity contribution in [1.29, 1.82) is 0 Å². The number of carbonyl (C=O) groups excluding carboxylic acids is 1. The van der Waals surface area contributed by atoms with Crippen LogP contribution in [0.1, 0.15) is 41.7 Å². The highest BCUT2D eigenvalue weighted by atomic mass is 35.5. The number of hydrogen-bond acceptors (Lipinski definition) is 2. The van der Waals surface area contributed by atoms with E-state index < -0.39 is 58.5 Å². The first-order valence-corrected chi connectivity index (χ1v) is 8.91. The summed E-state index contributed by atoms with van der Waals surface area (Å²) in [5, 5.41) is 1.36. The predicted octanol–water partition coefficient (Wildman–Crippen LogP) is 5.79. The maximum atomic E-state index is 14.9. The quantitative estimate of drug-likeness (QED) is 0.455. The van der Waals surface area contributed by atoms with Crippen LogP contribution in [0, 0.1) is 11.8 Å². The fraction of sp³-hybridized carbons (Fsp3) is 0.333. The molecule has 4 nitrogen and oxygen atoms in total. The Morgan fingerprint density at radius 1 is 1.24 bits per heavy atom. The Hall–Kier alpha value is -2.49. The largest absolute Gasteiger partial charge is 0.417 e. The second kappa shape index (κ2) is 6.79. The molecule has 2 aliphatic heterocycles. The molecular weight excluding hydrogens is 424 g/mol. The van der Waals surface area contributed by atoms with E-state index >= 15 is 0 Å². The summed E-state index contributed by atoms with van der Waals surface area (Å²) < 4.78 is 81.5. The minimum atomic E-state index is -4.87. The van der Waals surface area contributed by atoms with Crippen molar-refractivity contribution in [3.05, 3.63) is 57.9 Å². The van der Waals surface area contributed by atoms with Gasteiger partial charge in [-0.1, -0.05) is 11.6 Å². The minimum Gasteiger partial charge on any atom is -0.311 e. The number of fused-ring (bicyclic) bond motifs is 4. The molecule has 2 aliphatic rings. The number of urea groups is 1. The highest BCUT2D eigenvalue weighted by Gasteiger charge is 2.49. The zero-order chi connectivity index (χ0) is 21.1. The van der Waals surface area contributed by atoms with Crippen molar-refractivity contribution < 1.29 is 31.1 Å². The molecule has 2 amide bonds. The number of pyridine rings is 1. The highest BCUT2D eigenvalue weighted by Crippen LogP contribution is 2.50. The van der Waals surface area contributed by atoms with Gasteiger partial charge in [-0.25, -0.2) is 18.6 Å².